The van der Waals surface area contributed by atoms with Gasteiger partial charge >= 0.3 is 5.97 Å². The molecule has 1 aromatic heterocycles. The van der Waals surface area contributed by atoms with Crippen molar-refractivity contribution in [3.63, 3.8) is 0 Å². The fourth-order valence-corrected chi connectivity index (χ4v) is 1.48. The fourth-order valence-electron chi connectivity index (χ4n) is 1.48. The number of aliphatic carboxylic acids is 1. The number of carboxylic acids is 1. The molecule has 0 radical (unpaired) electrons. The van der Waals surface area contributed by atoms with Crippen LogP contribution in [0.15, 0.2) is 30.6 Å². The molecule has 0 saturated heterocycles. The standard InChI is InChI=1S/C11H10FN3O2/c12-9-3-1-8(2-4-11(16)17)7-10(9)15-6-5-13-14-15/h1,3,5-7H,2,4H2,(H,16,17). The van der Waals surface area contributed by atoms with E-state index in [2.05, 4.69) is 10.3 Å². The molecule has 6 heteroatoms. The maximum Gasteiger partial charge on any atom is 0.303 e. The van der Waals surface area contributed by atoms with E-state index in [0.29, 0.717) is 6.42 Å². The molecule has 0 fully saturated rings. The second kappa shape index (κ2) is 4.73. The van der Waals surface area contributed by atoms with E-state index < -0.39 is 11.8 Å². The Balaban J connectivity index is 2.27. The van der Waals surface area contributed by atoms with Crippen LogP contribution in [0.1, 0.15) is 12.0 Å². The Kier molecular flexibility index (Phi) is 3.13. The molecule has 2 aromatic rings. The molecule has 0 bridgehead atoms. The Morgan fingerprint density at radius 1 is 1.47 bits per heavy atom. The van der Waals surface area contributed by atoms with Gasteiger partial charge in [-0.05, 0) is 24.1 Å². The van der Waals surface area contributed by atoms with Gasteiger partial charge in [0.1, 0.15) is 11.5 Å². The Bertz CT molecular complexity index is 526. The van der Waals surface area contributed by atoms with Crippen LogP contribution in [0.5, 0.6) is 0 Å². The third kappa shape index (κ3) is 2.66. The van der Waals surface area contributed by atoms with Crippen molar-refractivity contribution >= 4 is 5.97 Å². The highest BCUT2D eigenvalue weighted by Crippen LogP contribution is 2.15. The molecule has 0 atom stereocenters. The third-order valence-electron chi connectivity index (χ3n) is 2.31. The number of aromatic nitrogens is 3. The summed E-state index contributed by atoms with van der Waals surface area (Å²) in [7, 11) is 0. The predicted octanol–water partition coefficient (Wildman–Crippen LogP) is 1.42. The van der Waals surface area contributed by atoms with Crippen molar-refractivity contribution in [2.45, 2.75) is 12.8 Å². The Morgan fingerprint density at radius 2 is 2.29 bits per heavy atom. The number of benzene rings is 1. The summed E-state index contributed by atoms with van der Waals surface area (Å²) < 4.78 is 14.8. The number of hydrogen-bond acceptors (Lipinski definition) is 3. The Morgan fingerprint density at radius 3 is 2.94 bits per heavy atom. The van der Waals surface area contributed by atoms with Crippen LogP contribution in [0.2, 0.25) is 0 Å². The largest absolute Gasteiger partial charge is 0.481 e. The highest BCUT2D eigenvalue weighted by Gasteiger charge is 2.07. The first-order valence-electron chi connectivity index (χ1n) is 5.04. The van der Waals surface area contributed by atoms with Gasteiger partial charge in [-0.1, -0.05) is 11.3 Å². The second-order valence-corrected chi connectivity index (χ2v) is 3.53. The average molecular weight is 235 g/mol. The number of aryl methyl sites for hydroxylation is 1. The van der Waals surface area contributed by atoms with Gasteiger partial charge in [0.2, 0.25) is 0 Å². The molecule has 0 aliphatic rings. The zero-order valence-corrected chi connectivity index (χ0v) is 8.88. The van der Waals surface area contributed by atoms with Crippen LogP contribution in [-0.4, -0.2) is 26.1 Å². The van der Waals surface area contributed by atoms with Gasteiger partial charge < -0.3 is 5.11 Å². The number of nitrogens with zero attached hydrogens (tertiary/aromatic N) is 3. The molecule has 88 valence electrons. The molecule has 0 saturated carbocycles. The van der Waals surface area contributed by atoms with Gasteiger partial charge in [-0.15, -0.1) is 5.10 Å². The second-order valence-electron chi connectivity index (χ2n) is 3.53. The molecule has 0 amide bonds. The SMILES string of the molecule is O=C(O)CCc1ccc(F)c(-n2ccnn2)c1. The van der Waals surface area contributed by atoms with E-state index in [9.17, 15) is 9.18 Å². The Hall–Kier alpha value is -2.24. The molecule has 17 heavy (non-hydrogen) atoms. The molecular weight excluding hydrogens is 225 g/mol. The molecular formula is C11H10FN3O2. The van der Waals surface area contributed by atoms with Crippen LogP contribution in [-0.2, 0) is 11.2 Å². The van der Waals surface area contributed by atoms with Crippen LogP contribution in [0.4, 0.5) is 4.39 Å². The minimum Gasteiger partial charge on any atom is -0.481 e. The fraction of sp³-hybridized carbons (Fsp3) is 0.182. The summed E-state index contributed by atoms with van der Waals surface area (Å²) >= 11 is 0. The smallest absolute Gasteiger partial charge is 0.303 e. The van der Waals surface area contributed by atoms with Crippen LogP contribution in [0.25, 0.3) is 5.69 Å². The molecule has 5 nitrogen and oxygen atoms in total. The number of rotatable bonds is 4. The first kappa shape index (κ1) is 11.3. The minimum atomic E-state index is -0.878. The highest BCUT2D eigenvalue weighted by molar-refractivity contribution is 5.67. The van der Waals surface area contributed by atoms with E-state index in [-0.39, 0.29) is 12.1 Å². The highest BCUT2D eigenvalue weighted by atomic mass is 19.1. The lowest BCUT2D eigenvalue weighted by atomic mass is 10.1. The molecule has 1 heterocycles. The number of carboxylic acid groups (broad SMARTS) is 1. The lowest BCUT2D eigenvalue weighted by Gasteiger charge is -2.05. The molecule has 1 N–H and O–H groups in total. The zero-order chi connectivity index (χ0) is 12.3. The van der Waals surface area contributed by atoms with Crippen molar-refractivity contribution in [2.24, 2.45) is 0 Å². The quantitative estimate of drug-likeness (QED) is 0.870. The lowest BCUT2D eigenvalue weighted by Crippen LogP contribution is -2.02. The van der Waals surface area contributed by atoms with Crippen LogP contribution >= 0.6 is 0 Å². The van der Waals surface area contributed by atoms with Crippen LogP contribution in [0.3, 0.4) is 0 Å². The van der Waals surface area contributed by atoms with Gasteiger partial charge in [0, 0.05) is 6.42 Å². The number of halogens is 1. The molecule has 0 unspecified atom stereocenters. The van der Waals surface area contributed by atoms with Crippen molar-refractivity contribution in [3.8, 4) is 5.69 Å². The van der Waals surface area contributed by atoms with Crippen LogP contribution in [0, 0.1) is 5.82 Å². The molecule has 1 aromatic carbocycles. The van der Waals surface area contributed by atoms with Crippen molar-refractivity contribution in [1.29, 1.82) is 0 Å². The number of hydrogen-bond donors (Lipinski definition) is 1. The first-order valence-corrected chi connectivity index (χ1v) is 5.04. The van der Waals surface area contributed by atoms with Gasteiger partial charge in [-0.25, -0.2) is 9.07 Å². The van der Waals surface area contributed by atoms with Crippen molar-refractivity contribution < 1.29 is 14.3 Å². The summed E-state index contributed by atoms with van der Waals surface area (Å²) in [6.07, 6.45) is 3.35. The average Bonchev–Trinajstić information content (AvgIpc) is 2.81. The maximum atomic E-state index is 13.5. The van der Waals surface area contributed by atoms with E-state index in [1.165, 1.54) is 23.1 Å². The van der Waals surface area contributed by atoms with Crippen molar-refractivity contribution in [2.75, 3.05) is 0 Å². The number of carbonyl (C=O) groups is 1. The van der Waals surface area contributed by atoms with E-state index in [0.717, 1.165) is 5.56 Å². The normalized spacial score (nSPS) is 10.4. The van der Waals surface area contributed by atoms with E-state index in [1.807, 2.05) is 0 Å². The van der Waals surface area contributed by atoms with Gasteiger partial charge in [-0.3, -0.25) is 4.79 Å². The molecule has 0 spiro atoms. The Labute approximate surface area is 96.5 Å². The monoisotopic (exact) mass is 235 g/mol. The predicted molar refractivity (Wildman–Crippen MR) is 57.3 cm³/mol. The maximum absolute atomic E-state index is 13.5. The topological polar surface area (TPSA) is 68.0 Å². The van der Waals surface area contributed by atoms with E-state index in [1.54, 1.807) is 12.1 Å². The first-order chi connectivity index (χ1) is 8.16. The summed E-state index contributed by atoms with van der Waals surface area (Å²) in [6.45, 7) is 0. The molecule has 0 aliphatic heterocycles. The van der Waals surface area contributed by atoms with Gasteiger partial charge in [0.15, 0.2) is 0 Å². The van der Waals surface area contributed by atoms with Gasteiger partial charge in [-0.2, -0.15) is 0 Å². The summed E-state index contributed by atoms with van der Waals surface area (Å²) in [6, 6.07) is 4.44. The van der Waals surface area contributed by atoms with E-state index >= 15 is 0 Å². The summed E-state index contributed by atoms with van der Waals surface area (Å²) in [4.78, 5) is 10.5. The summed E-state index contributed by atoms with van der Waals surface area (Å²) in [5, 5.41) is 15.9. The van der Waals surface area contributed by atoms with E-state index in [4.69, 9.17) is 5.11 Å². The zero-order valence-electron chi connectivity index (χ0n) is 8.88. The third-order valence-corrected chi connectivity index (χ3v) is 2.31. The van der Waals surface area contributed by atoms with Crippen molar-refractivity contribution in [1.82, 2.24) is 15.0 Å². The summed E-state index contributed by atoms with van der Waals surface area (Å²) in [5.74, 6) is -1.30. The molecule has 2 rings (SSSR count). The summed E-state index contributed by atoms with van der Waals surface area (Å²) in [5.41, 5.74) is 1.02. The molecule has 0 aliphatic carbocycles. The minimum absolute atomic E-state index is 0.0163. The van der Waals surface area contributed by atoms with Crippen LogP contribution < -0.4 is 0 Å². The lowest BCUT2D eigenvalue weighted by molar-refractivity contribution is -0.136. The van der Waals surface area contributed by atoms with Gasteiger partial charge in [0.25, 0.3) is 0 Å². The van der Waals surface area contributed by atoms with Crippen molar-refractivity contribution in [3.05, 3.63) is 42.0 Å². The van der Waals surface area contributed by atoms with Gasteiger partial charge in [0.05, 0.1) is 12.4 Å².